The molecule has 2 heteroatoms. The van der Waals surface area contributed by atoms with Gasteiger partial charge in [0.1, 0.15) is 0 Å². The normalized spacial score (nSPS) is 12.1. The Labute approximate surface area is 224 Å². The van der Waals surface area contributed by atoms with E-state index >= 15 is 0 Å². The molecule has 0 spiro atoms. The van der Waals surface area contributed by atoms with Crippen molar-refractivity contribution < 1.29 is 0 Å². The van der Waals surface area contributed by atoms with Crippen LogP contribution in [-0.4, -0.2) is 0 Å². The summed E-state index contributed by atoms with van der Waals surface area (Å²) in [5, 5.41) is 0. The van der Waals surface area contributed by atoms with Gasteiger partial charge >= 0.3 is 0 Å². The maximum atomic E-state index is 3.94. The predicted molar refractivity (Wildman–Crippen MR) is 161 cm³/mol. The van der Waals surface area contributed by atoms with Crippen LogP contribution in [0.25, 0.3) is 5.57 Å². The summed E-state index contributed by atoms with van der Waals surface area (Å²) >= 11 is 0. The van der Waals surface area contributed by atoms with Crippen molar-refractivity contribution in [3.8, 4) is 0 Å². The van der Waals surface area contributed by atoms with E-state index in [4.69, 9.17) is 0 Å². The van der Waals surface area contributed by atoms with E-state index < -0.39 is 0 Å². The molecule has 5 aromatic carbocycles. The van der Waals surface area contributed by atoms with Crippen molar-refractivity contribution >= 4 is 39.7 Å². The van der Waals surface area contributed by atoms with Gasteiger partial charge in [-0.25, -0.2) is 0 Å². The van der Waals surface area contributed by atoms with Crippen molar-refractivity contribution in [1.29, 1.82) is 0 Å². The number of allylic oxidation sites excluding steroid dienone is 3. The van der Waals surface area contributed by atoms with Gasteiger partial charge in [-0.05, 0) is 66.1 Å². The van der Waals surface area contributed by atoms with Crippen molar-refractivity contribution in [2.75, 3.05) is 9.80 Å². The van der Waals surface area contributed by atoms with Crippen molar-refractivity contribution in [1.82, 2.24) is 0 Å². The molecule has 6 rings (SSSR count). The van der Waals surface area contributed by atoms with Gasteiger partial charge in [0, 0.05) is 16.9 Å². The van der Waals surface area contributed by atoms with Crippen molar-refractivity contribution in [3.63, 3.8) is 0 Å². The van der Waals surface area contributed by atoms with Crippen LogP contribution in [0, 0.1) is 0 Å². The number of para-hydroxylation sites is 5. The third kappa shape index (κ3) is 4.46. The summed E-state index contributed by atoms with van der Waals surface area (Å²) in [4.78, 5) is 4.68. The quantitative estimate of drug-likeness (QED) is 0.170. The van der Waals surface area contributed by atoms with Gasteiger partial charge in [0.25, 0.3) is 0 Å². The van der Waals surface area contributed by atoms with E-state index in [1.807, 2.05) is 6.07 Å². The Kier molecular flexibility index (Phi) is 6.47. The van der Waals surface area contributed by atoms with Gasteiger partial charge in [0.2, 0.25) is 0 Å². The van der Waals surface area contributed by atoms with Crippen LogP contribution < -0.4 is 9.80 Å². The summed E-state index contributed by atoms with van der Waals surface area (Å²) in [5.74, 6) is 0. The van der Waals surface area contributed by atoms with E-state index in [0.717, 1.165) is 51.7 Å². The van der Waals surface area contributed by atoms with Crippen molar-refractivity contribution in [3.05, 3.63) is 169 Å². The second kappa shape index (κ2) is 10.5. The van der Waals surface area contributed by atoms with E-state index in [0.29, 0.717) is 0 Å². The fourth-order valence-corrected chi connectivity index (χ4v) is 5.05. The monoisotopic (exact) mass is 488 g/mol. The zero-order chi connectivity index (χ0) is 25.7. The van der Waals surface area contributed by atoms with E-state index in [1.165, 1.54) is 5.56 Å². The Morgan fingerprint density at radius 2 is 1.00 bits per heavy atom. The number of hydrogen-bond donors (Lipinski definition) is 0. The van der Waals surface area contributed by atoms with Gasteiger partial charge in [-0.15, -0.1) is 5.73 Å². The Morgan fingerprint density at radius 1 is 0.553 bits per heavy atom. The summed E-state index contributed by atoms with van der Waals surface area (Å²) in [5.41, 5.74) is 13.3. The lowest BCUT2D eigenvalue weighted by Crippen LogP contribution is -2.23. The Balaban J connectivity index is 1.35. The van der Waals surface area contributed by atoms with E-state index in [-0.39, 0.29) is 0 Å². The van der Waals surface area contributed by atoms with E-state index in [1.54, 1.807) is 0 Å². The van der Waals surface area contributed by atoms with Crippen LogP contribution >= 0.6 is 0 Å². The maximum Gasteiger partial charge on any atom is 0.0703 e. The van der Waals surface area contributed by atoms with Gasteiger partial charge in [0.15, 0.2) is 0 Å². The minimum atomic E-state index is 0.878. The smallest absolute Gasteiger partial charge is 0.0703 e. The zero-order valence-electron chi connectivity index (χ0n) is 21.2. The first kappa shape index (κ1) is 23.4. The molecule has 1 aliphatic heterocycles. The molecule has 0 radical (unpaired) electrons. The summed E-state index contributed by atoms with van der Waals surface area (Å²) in [7, 11) is 0. The molecule has 0 N–H and O–H groups in total. The van der Waals surface area contributed by atoms with Crippen molar-refractivity contribution in [2.45, 2.75) is 6.42 Å². The number of anilines is 6. The van der Waals surface area contributed by atoms with E-state index in [9.17, 15) is 0 Å². The molecule has 38 heavy (non-hydrogen) atoms. The van der Waals surface area contributed by atoms with Gasteiger partial charge in [-0.2, -0.15) is 0 Å². The number of hydrogen-bond acceptors (Lipinski definition) is 2. The topological polar surface area (TPSA) is 6.48 Å². The van der Waals surface area contributed by atoms with Crippen LogP contribution in [0.3, 0.4) is 0 Å². The molecule has 0 aliphatic carbocycles. The van der Waals surface area contributed by atoms with Crippen LogP contribution in [0.2, 0.25) is 0 Å². The molecule has 0 aromatic heterocycles. The SMILES string of the molecule is C=C=C(/C=C\Cc1ccccc1)c1ccc(N2c3ccccc3N(c3ccccc3)c3ccccc32)cc1. The maximum absolute atomic E-state index is 3.94. The number of nitrogens with zero attached hydrogens (tertiary/aromatic N) is 2. The van der Waals surface area contributed by atoms with Gasteiger partial charge in [-0.3, -0.25) is 0 Å². The molecule has 0 amide bonds. The third-order valence-corrected chi connectivity index (χ3v) is 6.85. The highest BCUT2D eigenvalue weighted by Crippen LogP contribution is 2.53. The molecule has 0 unspecified atom stereocenters. The number of fused-ring (bicyclic) bond motifs is 2. The van der Waals surface area contributed by atoms with Crippen LogP contribution in [0.1, 0.15) is 11.1 Å². The third-order valence-electron chi connectivity index (χ3n) is 6.85. The minimum Gasteiger partial charge on any atom is -0.306 e. The molecule has 2 nitrogen and oxygen atoms in total. The Morgan fingerprint density at radius 3 is 1.50 bits per heavy atom. The van der Waals surface area contributed by atoms with Crippen LogP contribution in [0.5, 0.6) is 0 Å². The second-order valence-electron chi connectivity index (χ2n) is 9.21. The summed E-state index contributed by atoms with van der Waals surface area (Å²) in [6.07, 6.45) is 5.16. The van der Waals surface area contributed by atoms with Gasteiger partial charge in [-0.1, -0.05) is 104 Å². The lowest BCUT2D eigenvalue weighted by atomic mass is 10.0. The largest absolute Gasteiger partial charge is 0.306 e. The number of rotatable bonds is 6. The van der Waals surface area contributed by atoms with Gasteiger partial charge in [0.05, 0.1) is 22.7 Å². The van der Waals surface area contributed by atoms with Crippen LogP contribution in [-0.2, 0) is 6.42 Å². The zero-order valence-corrected chi connectivity index (χ0v) is 21.2. The first-order valence-electron chi connectivity index (χ1n) is 12.9. The van der Waals surface area contributed by atoms with Gasteiger partial charge < -0.3 is 9.80 Å². The molecular formula is C36H28N2. The highest BCUT2D eigenvalue weighted by molar-refractivity contribution is 6.01. The lowest BCUT2D eigenvalue weighted by Gasteiger charge is -2.40. The molecule has 5 aromatic rings. The van der Waals surface area contributed by atoms with Crippen LogP contribution in [0.4, 0.5) is 34.1 Å². The highest BCUT2D eigenvalue weighted by Gasteiger charge is 2.29. The first-order chi connectivity index (χ1) is 18.8. The van der Waals surface area contributed by atoms with Crippen LogP contribution in [0.15, 0.2) is 158 Å². The Bertz CT molecular complexity index is 1580. The molecule has 0 fully saturated rings. The summed E-state index contributed by atoms with van der Waals surface area (Å²) in [6, 6.07) is 46.9. The molecule has 1 aliphatic rings. The fraction of sp³-hybridized carbons (Fsp3) is 0.0278. The molecule has 0 saturated carbocycles. The molecule has 1 heterocycles. The Hall–Kier alpha value is -5.04. The van der Waals surface area contributed by atoms with E-state index in [2.05, 4.69) is 162 Å². The minimum absolute atomic E-state index is 0.878. The molecule has 0 bridgehead atoms. The highest BCUT2D eigenvalue weighted by atomic mass is 15.3. The summed E-state index contributed by atoms with van der Waals surface area (Å²) < 4.78 is 0. The molecule has 0 saturated heterocycles. The lowest BCUT2D eigenvalue weighted by molar-refractivity contribution is 1.17. The average Bonchev–Trinajstić information content (AvgIpc) is 2.99. The summed E-state index contributed by atoms with van der Waals surface area (Å²) in [6.45, 7) is 3.94. The predicted octanol–water partition coefficient (Wildman–Crippen LogP) is 9.91. The molecule has 0 atom stereocenters. The second-order valence-corrected chi connectivity index (χ2v) is 9.21. The fourth-order valence-electron chi connectivity index (χ4n) is 5.05. The average molecular weight is 489 g/mol. The standard InChI is InChI=1S/C36H28N2/c1-2-29(17-13-16-28-14-5-3-6-15-28)30-24-26-32(27-25-30)38-35-22-11-9-20-33(35)37(31-18-7-4-8-19-31)34-21-10-12-23-36(34)38/h3-15,17-27H,1,16H2/b17-13-. The first-order valence-corrected chi connectivity index (χ1v) is 12.9. The molecule has 182 valence electrons. The van der Waals surface area contributed by atoms with Crippen molar-refractivity contribution in [2.24, 2.45) is 0 Å². The number of benzene rings is 5. The molecular weight excluding hydrogens is 460 g/mol.